The fourth-order valence-electron chi connectivity index (χ4n) is 1.87. The minimum Gasteiger partial charge on any atom is -0.382 e. The second-order valence-electron chi connectivity index (χ2n) is 4.04. The van der Waals surface area contributed by atoms with Gasteiger partial charge in [-0.2, -0.15) is 0 Å². The molecule has 1 rings (SSSR count). The first-order chi connectivity index (χ1) is 8.38. The average Bonchev–Trinajstić information content (AvgIpc) is 2.36. The fraction of sp³-hybridized carbons (Fsp3) is 1.00. The zero-order valence-corrected chi connectivity index (χ0v) is 10.9. The molecule has 0 aromatic carbocycles. The third kappa shape index (κ3) is 6.33. The highest BCUT2D eigenvalue weighted by atomic mass is 16.6. The van der Waals surface area contributed by atoms with Crippen molar-refractivity contribution in [1.29, 1.82) is 0 Å². The third-order valence-electron chi connectivity index (χ3n) is 2.76. The summed E-state index contributed by atoms with van der Waals surface area (Å²) in [4.78, 5) is 0. The van der Waals surface area contributed by atoms with Crippen LogP contribution in [0.3, 0.4) is 0 Å². The molecular formula is C12H25NO4. The minimum absolute atomic E-state index is 0.148. The van der Waals surface area contributed by atoms with Crippen molar-refractivity contribution in [2.24, 2.45) is 0 Å². The molecular weight excluding hydrogens is 222 g/mol. The van der Waals surface area contributed by atoms with Crippen molar-refractivity contribution >= 4 is 0 Å². The Labute approximate surface area is 104 Å². The van der Waals surface area contributed by atoms with E-state index in [9.17, 15) is 0 Å². The molecule has 0 amide bonds. The lowest BCUT2D eigenvalue weighted by molar-refractivity contribution is -0.0825. The zero-order valence-electron chi connectivity index (χ0n) is 10.9. The molecule has 0 aromatic heterocycles. The topological polar surface area (TPSA) is 49.0 Å². The van der Waals surface area contributed by atoms with Crippen molar-refractivity contribution < 1.29 is 18.9 Å². The van der Waals surface area contributed by atoms with Gasteiger partial charge in [0.25, 0.3) is 0 Å². The van der Waals surface area contributed by atoms with E-state index in [-0.39, 0.29) is 6.10 Å². The second-order valence-corrected chi connectivity index (χ2v) is 4.04. The van der Waals surface area contributed by atoms with Gasteiger partial charge in [-0.15, -0.1) is 0 Å². The summed E-state index contributed by atoms with van der Waals surface area (Å²) < 4.78 is 21.4. The molecule has 0 spiro atoms. The van der Waals surface area contributed by atoms with Gasteiger partial charge in [-0.3, -0.25) is 0 Å². The standard InChI is InChI=1S/C12H25NO4/c1-3-13-11-4-5-16-10-12(11)17-9-8-15-7-6-14-2/h11-13H,3-10H2,1-2H3. The SMILES string of the molecule is CCNC1CCOCC1OCCOCCOC. The molecule has 0 aromatic rings. The van der Waals surface area contributed by atoms with E-state index in [0.717, 1.165) is 19.6 Å². The van der Waals surface area contributed by atoms with Gasteiger partial charge in [0, 0.05) is 19.8 Å². The Morgan fingerprint density at radius 1 is 1.24 bits per heavy atom. The molecule has 0 bridgehead atoms. The van der Waals surface area contributed by atoms with Gasteiger partial charge in [-0.25, -0.2) is 0 Å². The van der Waals surface area contributed by atoms with Gasteiger partial charge in [-0.1, -0.05) is 6.92 Å². The van der Waals surface area contributed by atoms with Gasteiger partial charge in [0.05, 0.1) is 39.1 Å². The van der Waals surface area contributed by atoms with Crippen LogP contribution in [0.5, 0.6) is 0 Å². The van der Waals surface area contributed by atoms with Crippen LogP contribution in [0.2, 0.25) is 0 Å². The molecule has 2 atom stereocenters. The molecule has 1 fully saturated rings. The van der Waals surface area contributed by atoms with Gasteiger partial charge in [0.2, 0.25) is 0 Å². The highest BCUT2D eigenvalue weighted by Gasteiger charge is 2.25. The largest absolute Gasteiger partial charge is 0.382 e. The highest BCUT2D eigenvalue weighted by molar-refractivity contribution is 4.79. The zero-order chi connectivity index (χ0) is 12.3. The van der Waals surface area contributed by atoms with E-state index in [0.29, 0.717) is 39.1 Å². The van der Waals surface area contributed by atoms with Gasteiger partial charge in [-0.05, 0) is 13.0 Å². The summed E-state index contributed by atoms with van der Waals surface area (Å²) in [7, 11) is 1.67. The van der Waals surface area contributed by atoms with Gasteiger partial charge >= 0.3 is 0 Å². The smallest absolute Gasteiger partial charge is 0.0962 e. The molecule has 102 valence electrons. The minimum atomic E-state index is 0.148. The number of rotatable bonds is 9. The monoisotopic (exact) mass is 247 g/mol. The lowest BCUT2D eigenvalue weighted by Crippen LogP contribution is -2.48. The molecule has 17 heavy (non-hydrogen) atoms. The van der Waals surface area contributed by atoms with Crippen molar-refractivity contribution in [1.82, 2.24) is 5.32 Å². The Kier molecular flexibility index (Phi) is 8.56. The van der Waals surface area contributed by atoms with Crippen molar-refractivity contribution in [3.8, 4) is 0 Å². The predicted octanol–water partition coefficient (Wildman–Crippen LogP) is 0.433. The Morgan fingerprint density at radius 2 is 2.06 bits per heavy atom. The van der Waals surface area contributed by atoms with Crippen molar-refractivity contribution in [2.75, 3.05) is 53.3 Å². The number of methoxy groups -OCH3 is 1. The molecule has 1 saturated heterocycles. The van der Waals surface area contributed by atoms with Crippen LogP contribution >= 0.6 is 0 Å². The molecule has 2 unspecified atom stereocenters. The Morgan fingerprint density at radius 3 is 2.82 bits per heavy atom. The summed E-state index contributed by atoms with van der Waals surface area (Å²) in [6, 6.07) is 0.410. The number of hydrogen-bond acceptors (Lipinski definition) is 5. The van der Waals surface area contributed by atoms with Gasteiger partial charge in [0.15, 0.2) is 0 Å². The lowest BCUT2D eigenvalue weighted by Gasteiger charge is -2.31. The van der Waals surface area contributed by atoms with E-state index in [2.05, 4.69) is 12.2 Å². The van der Waals surface area contributed by atoms with Crippen molar-refractivity contribution in [2.45, 2.75) is 25.5 Å². The third-order valence-corrected chi connectivity index (χ3v) is 2.76. The van der Waals surface area contributed by atoms with Crippen LogP contribution in [0.4, 0.5) is 0 Å². The maximum atomic E-state index is 5.78. The Balaban J connectivity index is 2.06. The summed E-state index contributed by atoms with van der Waals surface area (Å²) in [5, 5.41) is 3.43. The number of hydrogen-bond donors (Lipinski definition) is 1. The van der Waals surface area contributed by atoms with E-state index in [1.165, 1.54) is 0 Å². The Bertz CT molecular complexity index is 178. The van der Waals surface area contributed by atoms with Crippen LogP contribution in [0.25, 0.3) is 0 Å². The summed E-state index contributed by atoms with van der Waals surface area (Å²) in [6.07, 6.45) is 1.16. The number of likely N-dealkylation sites (N-methyl/N-ethyl adjacent to an activating group) is 1. The van der Waals surface area contributed by atoms with Crippen LogP contribution in [0.1, 0.15) is 13.3 Å². The van der Waals surface area contributed by atoms with Crippen LogP contribution in [-0.4, -0.2) is 65.4 Å². The molecule has 0 saturated carbocycles. The first-order valence-corrected chi connectivity index (χ1v) is 6.38. The molecule has 5 nitrogen and oxygen atoms in total. The first kappa shape index (κ1) is 14.9. The molecule has 1 heterocycles. The van der Waals surface area contributed by atoms with Crippen LogP contribution in [0.15, 0.2) is 0 Å². The molecule has 1 aliphatic rings. The summed E-state index contributed by atoms with van der Waals surface area (Å²) >= 11 is 0. The van der Waals surface area contributed by atoms with Crippen molar-refractivity contribution in [3.05, 3.63) is 0 Å². The van der Waals surface area contributed by atoms with E-state index in [1.54, 1.807) is 7.11 Å². The van der Waals surface area contributed by atoms with Crippen LogP contribution in [0, 0.1) is 0 Å². The maximum Gasteiger partial charge on any atom is 0.0962 e. The molecule has 0 radical (unpaired) electrons. The maximum absolute atomic E-state index is 5.78. The second kappa shape index (κ2) is 9.79. The molecule has 1 N–H and O–H groups in total. The number of ether oxygens (including phenoxy) is 4. The van der Waals surface area contributed by atoms with E-state index in [4.69, 9.17) is 18.9 Å². The molecule has 1 aliphatic heterocycles. The molecule has 5 heteroatoms. The highest BCUT2D eigenvalue weighted by Crippen LogP contribution is 2.11. The molecule has 0 aliphatic carbocycles. The average molecular weight is 247 g/mol. The summed E-state index contributed by atoms with van der Waals surface area (Å²) in [6.45, 7) is 7.05. The first-order valence-electron chi connectivity index (χ1n) is 6.38. The van der Waals surface area contributed by atoms with E-state index in [1.807, 2.05) is 0 Å². The quantitative estimate of drug-likeness (QED) is 0.599. The fourth-order valence-corrected chi connectivity index (χ4v) is 1.87. The number of nitrogens with one attached hydrogen (secondary N) is 1. The lowest BCUT2D eigenvalue weighted by atomic mass is 10.1. The van der Waals surface area contributed by atoms with Crippen LogP contribution < -0.4 is 5.32 Å². The Hall–Kier alpha value is -0.200. The van der Waals surface area contributed by atoms with Crippen molar-refractivity contribution in [3.63, 3.8) is 0 Å². The summed E-state index contributed by atoms with van der Waals surface area (Å²) in [5.74, 6) is 0. The van der Waals surface area contributed by atoms with E-state index >= 15 is 0 Å². The normalized spacial score (nSPS) is 25.1. The van der Waals surface area contributed by atoms with E-state index < -0.39 is 0 Å². The predicted molar refractivity (Wildman–Crippen MR) is 65.3 cm³/mol. The van der Waals surface area contributed by atoms with Crippen LogP contribution in [-0.2, 0) is 18.9 Å². The van der Waals surface area contributed by atoms with Gasteiger partial charge in [0.1, 0.15) is 0 Å². The summed E-state index contributed by atoms with van der Waals surface area (Å²) in [5.41, 5.74) is 0. The van der Waals surface area contributed by atoms with Gasteiger partial charge < -0.3 is 24.3 Å².